The molecule has 0 saturated heterocycles. The van der Waals surface area contributed by atoms with Gasteiger partial charge < -0.3 is 20.3 Å². The standard InChI is InChI=1S/C15H11Cl2NO7S.C6H4/c1-26(23,24)12-6-8(19)2-3-11(12)25-13-9(16)4-7(5-10(13)17)18-14(20)15(21)22;1-2-5-4-6(5)3-1/h2-6,19H,1H3,(H,18,20)(H,21,22);1-4H. The van der Waals surface area contributed by atoms with Gasteiger partial charge in [0.2, 0.25) is 0 Å². The van der Waals surface area contributed by atoms with Crippen LogP contribution >= 0.6 is 23.2 Å². The zero-order valence-electron chi connectivity index (χ0n) is 16.3. The number of hydrogen-bond acceptors (Lipinski definition) is 6. The molecule has 0 radical (unpaired) electrons. The first kappa shape index (κ1) is 23.4. The van der Waals surface area contributed by atoms with Crippen LogP contribution in [0, 0.1) is 0 Å². The molecule has 2 aromatic rings. The van der Waals surface area contributed by atoms with Gasteiger partial charge in [-0.1, -0.05) is 41.4 Å². The highest BCUT2D eigenvalue weighted by Crippen LogP contribution is 2.41. The Morgan fingerprint density at radius 3 is 2.00 bits per heavy atom. The van der Waals surface area contributed by atoms with Crippen LogP contribution < -0.4 is 10.1 Å². The van der Waals surface area contributed by atoms with Crippen LogP contribution in [0.25, 0.3) is 11.1 Å². The Morgan fingerprint density at radius 2 is 1.56 bits per heavy atom. The van der Waals surface area contributed by atoms with E-state index in [4.69, 9.17) is 33.0 Å². The highest BCUT2D eigenvalue weighted by atomic mass is 35.5. The molecule has 0 aliphatic heterocycles. The third-order valence-electron chi connectivity index (χ3n) is 4.10. The predicted octanol–water partition coefficient (Wildman–Crippen LogP) is 4.58. The van der Waals surface area contributed by atoms with Crippen LogP contribution in [0.4, 0.5) is 5.69 Å². The van der Waals surface area contributed by atoms with Gasteiger partial charge in [-0.3, -0.25) is 4.79 Å². The van der Waals surface area contributed by atoms with E-state index in [9.17, 15) is 23.1 Å². The van der Waals surface area contributed by atoms with Crippen molar-refractivity contribution in [2.75, 3.05) is 11.6 Å². The van der Waals surface area contributed by atoms with Crippen molar-refractivity contribution < 1.29 is 33.0 Å². The van der Waals surface area contributed by atoms with Crippen molar-refractivity contribution in [1.29, 1.82) is 0 Å². The van der Waals surface area contributed by atoms with Crippen LogP contribution in [-0.2, 0) is 19.4 Å². The van der Waals surface area contributed by atoms with Gasteiger partial charge in [0.25, 0.3) is 0 Å². The number of rotatable bonds is 4. The van der Waals surface area contributed by atoms with Crippen molar-refractivity contribution in [3.8, 4) is 28.4 Å². The first-order valence-electron chi connectivity index (χ1n) is 8.80. The molecule has 2 aliphatic carbocycles. The summed E-state index contributed by atoms with van der Waals surface area (Å²) in [6.07, 6.45) is 0.933. The van der Waals surface area contributed by atoms with E-state index < -0.39 is 21.7 Å². The number of carbonyl (C=O) groups is 2. The van der Waals surface area contributed by atoms with Gasteiger partial charge in [0, 0.05) is 18.0 Å². The Balaban J connectivity index is 0.000000405. The molecule has 166 valence electrons. The topological polar surface area (TPSA) is 130 Å². The van der Waals surface area contributed by atoms with Crippen molar-refractivity contribution in [3.63, 3.8) is 0 Å². The van der Waals surface area contributed by atoms with Crippen LogP contribution in [0.3, 0.4) is 0 Å². The summed E-state index contributed by atoms with van der Waals surface area (Å²) in [5, 5.41) is 19.9. The van der Waals surface area contributed by atoms with Gasteiger partial charge in [-0.05, 0) is 41.5 Å². The molecule has 0 aromatic heterocycles. The minimum absolute atomic E-state index is 0.00814. The second-order valence-electron chi connectivity index (χ2n) is 6.61. The number of anilines is 1. The lowest BCUT2D eigenvalue weighted by Crippen LogP contribution is -2.21. The first-order chi connectivity index (χ1) is 15.0. The number of halogens is 2. The average molecular weight is 496 g/mol. The number of amides is 1. The fourth-order valence-electron chi connectivity index (χ4n) is 2.57. The summed E-state index contributed by atoms with van der Waals surface area (Å²) >= 11 is 12.1. The number of carboxylic acid groups (broad SMARTS) is 1. The van der Waals surface area contributed by atoms with E-state index in [2.05, 4.69) is 29.6 Å². The Kier molecular flexibility index (Phi) is 6.63. The Hall–Kier alpha value is -3.27. The highest BCUT2D eigenvalue weighted by molar-refractivity contribution is 7.90. The van der Waals surface area contributed by atoms with Gasteiger partial charge in [-0.25, -0.2) is 13.2 Å². The number of hydrogen-bond donors (Lipinski definition) is 3. The third-order valence-corrected chi connectivity index (χ3v) is 5.78. The minimum atomic E-state index is -3.73. The second-order valence-corrected chi connectivity index (χ2v) is 9.41. The fraction of sp³-hybridized carbons (Fsp3) is 0.0476. The van der Waals surface area contributed by atoms with Gasteiger partial charge >= 0.3 is 11.9 Å². The minimum Gasteiger partial charge on any atom is -0.508 e. The number of phenols is 1. The number of aromatic hydroxyl groups is 1. The second kappa shape index (κ2) is 9.07. The molecule has 2 aliphatic rings. The largest absolute Gasteiger partial charge is 0.508 e. The van der Waals surface area contributed by atoms with E-state index in [0.29, 0.717) is 0 Å². The number of sulfone groups is 1. The number of aliphatic carboxylic acids is 1. The van der Waals surface area contributed by atoms with Crippen molar-refractivity contribution in [2.24, 2.45) is 0 Å². The number of carboxylic acids is 1. The maximum absolute atomic E-state index is 11.8. The molecule has 0 heterocycles. The van der Waals surface area contributed by atoms with Gasteiger partial charge in [0.15, 0.2) is 15.6 Å². The summed E-state index contributed by atoms with van der Waals surface area (Å²) in [6.45, 7) is 0. The molecule has 0 unspecified atom stereocenters. The summed E-state index contributed by atoms with van der Waals surface area (Å²) in [7, 11) is -3.73. The number of carbonyl (C=O) groups excluding carboxylic acids is 1. The smallest absolute Gasteiger partial charge is 0.394 e. The Bertz CT molecular complexity index is 1300. The molecule has 0 fully saturated rings. The van der Waals surface area contributed by atoms with E-state index in [1.165, 1.54) is 35.4 Å². The lowest BCUT2D eigenvalue weighted by molar-refractivity contribution is -0.147. The van der Waals surface area contributed by atoms with Crippen LogP contribution in [0.5, 0.6) is 17.2 Å². The van der Waals surface area contributed by atoms with Gasteiger partial charge in [-0.2, -0.15) is 0 Å². The predicted molar refractivity (Wildman–Crippen MR) is 119 cm³/mol. The first-order valence-corrected chi connectivity index (χ1v) is 11.4. The van der Waals surface area contributed by atoms with Crippen LogP contribution in [0.1, 0.15) is 0 Å². The molecular formula is C21H15Cl2NO7S. The number of benzene rings is 3. The summed E-state index contributed by atoms with van der Waals surface area (Å²) < 4.78 is 29.2. The van der Waals surface area contributed by atoms with Crippen molar-refractivity contribution in [3.05, 3.63) is 64.6 Å². The molecule has 0 bridgehead atoms. The monoisotopic (exact) mass is 495 g/mol. The van der Waals surface area contributed by atoms with E-state index in [1.807, 2.05) is 0 Å². The molecule has 1 amide bonds. The Labute approximate surface area is 192 Å². The molecule has 2 aromatic carbocycles. The molecule has 32 heavy (non-hydrogen) atoms. The third kappa shape index (κ3) is 5.70. The summed E-state index contributed by atoms with van der Waals surface area (Å²) in [5.74, 6) is -3.50. The van der Waals surface area contributed by atoms with Crippen LogP contribution in [0.2, 0.25) is 10.0 Å². The zero-order chi connectivity index (χ0) is 23.6. The molecule has 4 rings (SSSR count). The maximum Gasteiger partial charge on any atom is 0.394 e. The fourth-order valence-corrected chi connectivity index (χ4v) is 3.94. The van der Waals surface area contributed by atoms with E-state index in [1.54, 1.807) is 0 Å². The van der Waals surface area contributed by atoms with Gasteiger partial charge in [0.05, 0.1) is 10.0 Å². The van der Waals surface area contributed by atoms with Crippen molar-refractivity contribution >= 4 is 50.6 Å². The molecule has 11 heteroatoms. The molecule has 0 spiro atoms. The Morgan fingerprint density at radius 1 is 0.969 bits per heavy atom. The van der Waals surface area contributed by atoms with Crippen LogP contribution in [0.15, 0.2) is 59.5 Å². The lowest BCUT2D eigenvalue weighted by atomic mass is 10.2. The van der Waals surface area contributed by atoms with Gasteiger partial charge in [0.1, 0.15) is 16.4 Å². The summed E-state index contributed by atoms with van der Waals surface area (Å²) in [6, 6.07) is 14.3. The molecular weight excluding hydrogens is 481 g/mol. The number of nitrogens with one attached hydrogen (secondary N) is 1. The number of phenolic OH excluding ortho intramolecular Hbond substituents is 1. The summed E-state index contributed by atoms with van der Waals surface area (Å²) in [4.78, 5) is 21.5. The number of ether oxygens (including phenoxy) is 1. The van der Waals surface area contributed by atoms with E-state index in [-0.39, 0.29) is 37.9 Å². The van der Waals surface area contributed by atoms with Crippen molar-refractivity contribution in [1.82, 2.24) is 0 Å². The molecule has 0 atom stereocenters. The van der Waals surface area contributed by atoms with E-state index in [0.717, 1.165) is 12.3 Å². The van der Waals surface area contributed by atoms with Crippen molar-refractivity contribution in [2.45, 2.75) is 4.90 Å². The van der Waals surface area contributed by atoms with Gasteiger partial charge in [-0.15, -0.1) is 0 Å². The molecule has 3 N–H and O–H groups in total. The zero-order valence-corrected chi connectivity index (χ0v) is 18.6. The highest BCUT2D eigenvalue weighted by Gasteiger charge is 2.20. The van der Waals surface area contributed by atoms with E-state index >= 15 is 0 Å². The lowest BCUT2D eigenvalue weighted by Gasteiger charge is -2.14. The maximum atomic E-state index is 11.8. The normalized spacial score (nSPS) is 11.1. The molecule has 8 nitrogen and oxygen atoms in total. The quantitative estimate of drug-likeness (QED) is 0.353. The van der Waals surface area contributed by atoms with Crippen LogP contribution in [-0.4, -0.2) is 36.8 Å². The average Bonchev–Trinajstić information content (AvgIpc) is 3.30. The number of fused-ring (bicyclic) bond motifs is 1. The summed E-state index contributed by atoms with van der Waals surface area (Å²) in [5.41, 5.74) is 2.86. The molecule has 0 saturated carbocycles. The SMILES string of the molecule is CS(=O)(=O)c1cc(O)ccc1Oc1c(Cl)cc(NC(=O)C(=O)O)cc1Cl.c1cc2cc-2c1.